The Labute approximate surface area is 106 Å². The van der Waals surface area contributed by atoms with E-state index in [4.69, 9.17) is 22.7 Å². The summed E-state index contributed by atoms with van der Waals surface area (Å²) in [5, 5.41) is 3.33. The molecule has 0 aromatic carbocycles. The van der Waals surface area contributed by atoms with Gasteiger partial charge in [0.1, 0.15) is 16.6 Å². The zero-order chi connectivity index (χ0) is 12.3. The third kappa shape index (κ3) is 3.10. The van der Waals surface area contributed by atoms with Gasteiger partial charge in [-0.05, 0) is 19.8 Å². The molecule has 1 unspecified atom stereocenters. The topological polar surface area (TPSA) is 73.1 Å². The van der Waals surface area contributed by atoms with Crippen LogP contribution in [0, 0.1) is 6.92 Å². The van der Waals surface area contributed by atoms with E-state index in [0.29, 0.717) is 28.8 Å². The lowest BCUT2D eigenvalue weighted by Crippen LogP contribution is -2.31. The van der Waals surface area contributed by atoms with E-state index in [1.165, 1.54) is 0 Å². The summed E-state index contributed by atoms with van der Waals surface area (Å²) in [4.78, 5) is 8.76. The number of nitrogens with two attached hydrogens (primary N) is 1. The first-order valence-electron chi connectivity index (χ1n) is 5.64. The van der Waals surface area contributed by atoms with E-state index in [1.807, 2.05) is 6.92 Å². The summed E-state index contributed by atoms with van der Waals surface area (Å²) in [5.74, 6) is 1.41. The van der Waals surface area contributed by atoms with Crippen LogP contribution in [0.25, 0.3) is 0 Å². The summed E-state index contributed by atoms with van der Waals surface area (Å²) in [6.07, 6.45) is 3.79. The number of nitrogens with zero attached hydrogens (tertiary/aromatic N) is 2. The van der Waals surface area contributed by atoms with Gasteiger partial charge in [-0.3, -0.25) is 0 Å². The van der Waals surface area contributed by atoms with E-state index in [0.717, 1.165) is 19.4 Å². The van der Waals surface area contributed by atoms with Crippen LogP contribution in [0.15, 0.2) is 6.20 Å². The Hall–Kier alpha value is -1.27. The number of thiocarbonyl (C=S) groups is 1. The lowest BCUT2D eigenvalue weighted by Gasteiger charge is -2.24. The average Bonchev–Trinajstić information content (AvgIpc) is 2.30. The van der Waals surface area contributed by atoms with Crippen molar-refractivity contribution in [2.45, 2.75) is 25.8 Å². The van der Waals surface area contributed by atoms with Crippen LogP contribution in [0.5, 0.6) is 0 Å². The first kappa shape index (κ1) is 12.2. The van der Waals surface area contributed by atoms with Crippen LogP contribution in [-0.4, -0.2) is 34.2 Å². The van der Waals surface area contributed by atoms with Crippen molar-refractivity contribution in [2.24, 2.45) is 5.73 Å². The molecule has 2 heterocycles. The Balaban J connectivity index is 2.17. The van der Waals surface area contributed by atoms with Gasteiger partial charge in [-0.25, -0.2) is 9.97 Å². The Morgan fingerprint density at radius 3 is 3.12 bits per heavy atom. The van der Waals surface area contributed by atoms with Gasteiger partial charge in [0, 0.05) is 12.8 Å². The molecule has 1 aromatic heterocycles. The molecule has 6 heteroatoms. The van der Waals surface area contributed by atoms with Crippen LogP contribution in [0.3, 0.4) is 0 Å². The number of anilines is 1. The maximum absolute atomic E-state index is 5.65. The fourth-order valence-corrected chi connectivity index (χ4v) is 1.96. The highest BCUT2D eigenvalue weighted by molar-refractivity contribution is 7.80. The number of aryl methyl sites for hydroxylation is 1. The second-order valence-electron chi connectivity index (χ2n) is 4.10. The van der Waals surface area contributed by atoms with Crippen molar-refractivity contribution in [3.63, 3.8) is 0 Å². The first-order chi connectivity index (χ1) is 8.16. The lowest BCUT2D eigenvalue weighted by atomic mass is 10.1. The van der Waals surface area contributed by atoms with Crippen LogP contribution >= 0.6 is 12.2 Å². The van der Waals surface area contributed by atoms with Gasteiger partial charge in [-0.2, -0.15) is 0 Å². The predicted octanol–water partition coefficient (Wildman–Crippen LogP) is 1.01. The Kier molecular flexibility index (Phi) is 3.86. The number of hydrogen-bond acceptors (Lipinski definition) is 5. The normalized spacial score (nSPS) is 19.9. The van der Waals surface area contributed by atoms with E-state index in [2.05, 4.69) is 15.3 Å². The number of aromatic nitrogens is 2. The Morgan fingerprint density at radius 1 is 1.65 bits per heavy atom. The molecule has 1 aliphatic heterocycles. The molecule has 0 saturated carbocycles. The van der Waals surface area contributed by atoms with Gasteiger partial charge < -0.3 is 15.8 Å². The molecule has 2 rings (SSSR count). The van der Waals surface area contributed by atoms with E-state index in [-0.39, 0.29) is 6.04 Å². The van der Waals surface area contributed by atoms with Gasteiger partial charge >= 0.3 is 0 Å². The molecule has 1 aliphatic rings. The molecule has 0 radical (unpaired) electrons. The third-order valence-corrected chi connectivity index (χ3v) is 2.90. The Bertz CT molecular complexity index is 418. The fraction of sp³-hybridized carbons (Fsp3) is 0.545. The highest BCUT2D eigenvalue weighted by Crippen LogP contribution is 2.16. The summed E-state index contributed by atoms with van der Waals surface area (Å²) in [6.45, 7) is 3.37. The number of ether oxygens (including phenoxy) is 1. The molecule has 5 nitrogen and oxygen atoms in total. The summed E-state index contributed by atoms with van der Waals surface area (Å²) in [6, 6.07) is 0.270. The van der Waals surface area contributed by atoms with Crippen molar-refractivity contribution in [2.75, 3.05) is 18.5 Å². The van der Waals surface area contributed by atoms with E-state index < -0.39 is 0 Å². The molecule has 0 aliphatic carbocycles. The molecular formula is C11H16N4OS. The number of hydrogen-bond donors (Lipinski definition) is 2. The second-order valence-corrected chi connectivity index (χ2v) is 4.54. The maximum Gasteiger partial charge on any atom is 0.140 e. The standard InChI is InChI=1S/C11H16N4OS/c1-7-13-5-9(10(12)17)11(14-7)15-8-3-2-4-16-6-8/h5,8H,2-4,6H2,1H3,(H2,12,17)(H,13,14,15). The van der Waals surface area contributed by atoms with Crippen molar-refractivity contribution in [1.82, 2.24) is 9.97 Å². The molecule has 1 saturated heterocycles. The molecule has 92 valence electrons. The lowest BCUT2D eigenvalue weighted by molar-refractivity contribution is 0.0875. The summed E-state index contributed by atoms with van der Waals surface area (Å²) < 4.78 is 5.41. The first-order valence-corrected chi connectivity index (χ1v) is 6.05. The maximum atomic E-state index is 5.65. The predicted molar refractivity (Wildman–Crippen MR) is 70.1 cm³/mol. The zero-order valence-corrected chi connectivity index (χ0v) is 10.6. The SMILES string of the molecule is Cc1ncc(C(N)=S)c(NC2CCCOC2)n1. The van der Waals surface area contributed by atoms with E-state index in [9.17, 15) is 0 Å². The molecule has 0 amide bonds. The second kappa shape index (κ2) is 5.37. The van der Waals surface area contributed by atoms with E-state index in [1.54, 1.807) is 6.20 Å². The number of rotatable bonds is 3. The largest absolute Gasteiger partial charge is 0.389 e. The molecule has 1 atom stereocenters. The minimum atomic E-state index is 0.270. The summed E-state index contributed by atoms with van der Waals surface area (Å²) in [7, 11) is 0. The fourth-order valence-electron chi connectivity index (χ4n) is 1.81. The van der Waals surface area contributed by atoms with Crippen molar-refractivity contribution >= 4 is 23.0 Å². The van der Waals surface area contributed by atoms with Crippen molar-refractivity contribution < 1.29 is 4.74 Å². The van der Waals surface area contributed by atoms with Crippen LogP contribution in [0.1, 0.15) is 24.2 Å². The molecule has 0 spiro atoms. The quantitative estimate of drug-likeness (QED) is 0.782. The summed E-state index contributed by atoms with van der Waals surface area (Å²) in [5.41, 5.74) is 6.34. The minimum absolute atomic E-state index is 0.270. The van der Waals surface area contributed by atoms with Crippen molar-refractivity contribution in [3.8, 4) is 0 Å². The smallest absolute Gasteiger partial charge is 0.140 e. The Morgan fingerprint density at radius 2 is 2.47 bits per heavy atom. The average molecular weight is 252 g/mol. The monoisotopic (exact) mass is 252 g/mol. The minimum Gasteiger partial charge on any atom is -0.389 e. The third-order valence-electron chi connectivity index (χ3n) is 2.68. The highest BCUT2D eigenvalue weighted by Gasteiger charge is 2.16. The van der Waals surface area contributed by atoms with Gasteiger partial charge in [-0.15, -0.1) is 0 Å². The van der Waals surface area contributed by atoms with Crippen LogP contribution < -0.4 is 11.1 Å². The van der Waals surface area contributed by atoms with E-state index >= 15 is 0 Å². The molecule has 1 fully saturated rings. The van der Waals surface area contributed by atoms with Gasteiger partial charge in [0.15, 0.2) is 0 Å². The molecule has 17 heavy (non-hydrogen) atoms. The zero-order valence-electron chi connectivity index (χ0n) is 9.77. The molecular weight excluding hydrogens is 236 g/mol. The molecule has 1 aromatic rings. The summed E-state index contributed by atoms with van der Waals surface area (Å²) >= 11 is 4.99. The van der Waals surface area contributed by atoms with Crippen molar-refractivity contribution in [3.05, 3.63) is 17.6 Å². The van der Waals surface area contributed by atoms with Crippen LogP contribution in [0.2, 0.25) is 0 Å². The highest BCUT2D eigenvalue weighted by atomic mass is 32.1. The van der Waals surface area contributed by atoms with Crippen LogP contribution in [0.4, 0.5) is 5.82 Å². The van der Waals surface area contributed by atoms with Gasteiger partial charge in [-0.1, -0.05) is 12.2 Å². The molecule has 3 N–H and O–H groups in total. The van der Waals surface area contributed by atoms with Gasteiger partial charge in [0.25, 0.3) is 0 Å². The van der Waals surface area contributed by atoms with Crippen molar-refractivity contribution in [1.29, 1.82) is 0 Å². The van der Waals surface area contributed by atoms with Crippen LogP contribution in [-0.2, 0) is 4.74 Å². The molecule has 0 bridgehead atoms. The number of nitrogens with one attached hydrogen (secondary N) is 1. The van der Waals surface area contributed by atoms with Gasteiger partial charge in [0.05, 0.1) is 18.2 Å². The van der Waals surface area contributed by atoms with Gasteiger partial charge in [0.2, 0.25) is 0 Å².